The number of rotatable bonds is 2. The summed E-state index contributed by atoms with van der Waals surface area (Å²) in [6.45, 7) is 3.03. The summed E-state index contributed by atoms with van der Waals surface area (Å²) in [4.78, 5) is 14.1. The maximum absolute atomic E-state index is 12.2. The maximum Gasteiger partial charge on any atom is 0.225 e. The van der Waals surface area contributed by atoms with Gasteiger partial charge in [-0.05, 0) is 31.6 Å². The van der Waals surface area contributed by atoms with Crippen LogP contribution in [0.1, 0.15) is 25.7 Å². The zero-order chi connectivity index (χ0) is 12.8. The van der Waals surface area contributed by atoms with Gasteiger partial charge >= 0.3 is 0 Å². The Morgan fingerprint density at radius 1 is 1.28 bits per heavy atom. The third-order valence-electron chi connectivity index (χ3n) is 4.95. The number of amides is 1. The highest BCUT2D eigenvalue weighted by Crippen LogP contribution is 2.33. The molecule has 0 unspecified atom stereocenters. The summed E-state index contributed by atoms with van der Waals surface area (Å²) in [5, 5.41) is 13.4. The lowest BCUT2D eigenvalue weighted by molar-refractivity contribution is -0.143. The number of β-amino-alcohol motifs (C(OH)–C–C–N with tert-alkyl or cyclic N) is 1. The molecule has 3 aliphatic rings. The highest BCUT2D eigenvalue weighted by Gasteiger charge is 2.44. The van der Waals surface area contributed by atoms with E-state index in [-0.39, 0.29) is 17.9 Å². The molecule has 0 bridgehead atoms. The fourth-order valence-electron chi connectivity index (χ4n) is 3.43. The second kappa shape index (κ2) is 4.47. The first kappa shape index (κ1) is 12.4. The van der Waals surface area contributed by atoms with Crippen LogP contribution in [0, 0.1) is 11.8 Å². The van der Waals surface area contributed by atoms with Gasteiger partial charge in [0.2, 0.25) is 5.91 Å². The average Bonchev–Trinajstić information content (AvgIpc) is 2.31. The van der Waals surface area contributed by atoms with Gasteiger partial charge < -0.3 is 21.1 Å². The highest BCUT2D eigenvalue weighted by molar-refractivity contribution is 5.80. The monoisotopic (exact) mass is 253 g/mol. The summed E-state index contributed by atoms with van der Waals surface area (Å²) in [5.41, 5.74) is 5.22. The minimum absolute atomic E-state index is 0.171. The Bertz CT molecular complexity index is 329. The molecular weight excluding hydrogens is 230 g/mol. The molecule has 3 rings (SSSR count). The van der Waals surface area contributed by atoms with E-state index in [4.69, 9.17) is 5.73 Å². The summed E-state index contributed by atoms with van der Waals surface area (Å²) in [6, 6.07) is 0.234. The molecule has 5 nitrogen and oxygen atoms in total. The highest BCUT2D eigenvalue weighted by atomic mass is 16.3. The van der Waals surface area contributed by atoms with Crippen molar-refractivity contribution in [3.05, 3.63) is 0 Å². The van der Waals surface area contributed by atoms with Crippen molar-refractivity contribution in [1.82, 2.24) is 10.2 Å². The first-order valence-corrected chi connectivity index (χ1v) is 7.06. The molecule has 2 saturated heterocycles. The SMILES string of the molecule is NC1CC(C(=O)N2CCC(C3(O)CNC3)CC2)C1. The summed E-state index contributed by atoms with van der Waals surface area (Å²) < 4.78 is 0. The number of nitrogens with zero attached hydrogens (tertiary/aromatic N) is 1. The number of hydrogen-bond acceptors (Lipinski definition) is 4. The van der Waals surface area contributed by atoms with Gasteiger partial charge in [-0.2, -0.15) is 0 Å². The number of hydrogen-bond donors (Lipinski definition) is 3. The molecule has 0 aromatic rings. The molecule has 18 heavy (non-hydrogen) atoms. The van der Waals surface area contributed by atoms with Crippen molar-refractivity contribution in [1.29, 1.82) is 0 Å². The van der Waals surface area contributed by atoms with Gasteiger partial charge in [-0.15, -0.1) is 0 Å². The summed E-state index contributed by atoms with van der Waals surface area (Å²) in [5.74, 6) is 0.810. The summed E-state index contributed by atoms with van der Waals surface area (Å²) in [7, 11) is 0. The predicted octanol–water partition coefficient (Wildman–Crippen LogP) is -0.703. The normalized spacial score (nSPS) is 35.8. The fourth-order valence-corrected chi connectivity index (χ4v) is 3.43. The number of carbonyl (C=O) groups excluding carboxylic acids is 1. The molecule has 4 N–H and O–H groups in total. The van der Waals surface area contributed by atoms with Crippen LogP contribution < -0.4 is 11.1 Å². The number of nitrogens with two attached hydrogens (primary N) is 1. The van der Waals surface area contributed by atoms with Gasteiger partial charge in [0.05, 0.1) is 5.60 Å². The molecule has 1 saturated carbocycles. The van der Waals surface area contributed by atoms with Crippen LogP contribution >= 0.6 is 0 Å². The standard InChI is InChI=1S/C13H23N3O2/c14-11-5-9(6-11)12(17)16-3-1-10(2-4-16)13(18)7-15-8-13/h9-11,15,18H,1-8,14H2. The quantitative estimate of drug-likeness (QED) is 0.608. The van der Waals surface area contributed by atoms with Crippen LogP contribution in [0.2, 0.25) is 0 Å². The average molecular weight is 253 g/mol. The Hall–Kier alpha value is -0.650. The number of aliphatic hydroxyl groups is 1. The van der Waals surface area contributed by atoms with E-state index in [0.29, 0.717) is 19.0 Å². The lowest BCUT2D eigenvalue weighted by atomic mass is 9.75. The third-order valence-corrected chi connectivity index (χ3v) is 4.95. The first-order valence-electron chi connectivity index (χ1n) is 7.06. The molecule has 1 aliphatic carbocycles. The van der Waals surface area contributed by atoms with Crippen LogP contribution in [-0.2, 0) is 4.79 Å². The van der Waals surface area contributed by atoms with E-state index in [1.807, 2.05) is 4.90 Å². The smallest absolute Gasteiger partial charge is 0.225 e. The molecule has 2 aliphatic heterocycles. The van der Waals surface area contributed by atoms with Crippen molar-refractivity contribution in [3.63, 3.8) is 0 Å². The lowest BCUT2D eigenvalue weighted by Crippen LogP contribution is -2.65. The molecule has 0 spiro atoms. The molecular formula is C13H23N3O2. The molecule has 0 aromatic carbocycles. The van der Waals surface area contributed by atoms with Gasteiger partial charge in [-0.1, -0.05) is 0 Å². The van der Waals surface area contributed by atoms with Crippen molar-refractivity contribution in [2.24, 2.45) is 17.6 Å². The number of likely N-dealkylation sites (tertiary alicyclic amines) is 1. The molecule has 0 atom stereocenters. The van der Waals surface area contributed by atoms with E-state index in [1.54, 1.807) is 0 Å². The van der Waals surface area contributed by atoms with Crippen molar-refractivity contribution in [2.45, 2.75) is 37.3 Å². The molecule has 1 amide bonds. The van der Waals surface area contributed by atoms with Crippen LogP contribution in [0.25, 0.3) is 0 Å². The molecule has 5 heteroatoms. The Labute approximate surface area is 108 Å². The summed E-state index contributed by atoms with van der Waals surface area (Å²) in [6.07, 6.45) is 3.57. The van der Waals surface area contributed by atoms with Gasteiger partial charge in [0.1, 0.15) is 0 Å². The topological polar surface area (TPSA) is 78.6 Å². The number of carbonyl (C=O) groups is 1. The van der Waals surface area contributed by atoms with E-state index in [1.165, 1.54) is 0 Å². The second-order valence-corrected chi connectivity index (χ2v) is 6.24. The van der Waals surface area contributed by atoms with Crippen molar-refractivity contribution >= 4 is 5.91 Å². The van der Waals surface area contributed by atoms with Crippen LogP contribution in [0.3, 0.4) is 0 Å². The van der Waals surface area contributed by atoms with E-state index in [0.717, 1.165) is 38.8 Å². The van der Waals surface area contributed by atoms with Gasteiger partial charge in [0.15, 0.2) is 0 Å². The zero-order valence-electron chi connectivity index (χ0n) is 10.8. The number of piperidine rings is 1. The Morgan fingerprint density at radius 2 is 1.89 bits per heavy atom. The van der Waals surface area contributed by atoms with Crippen LogP contribution in [0.15, 0.2) is 0 Å². The van der Waals surface area contributed by atoms with Crippen LogP contribution in [-0.4, -0.2) is 53.7 Å². The van der Waals surface area contributed by atoms with E-state index in [9.17, 15) is 9.90 Å². The number of nitrogens with one attached hydrogen (secondary N) is 1. The largest absolute Gasteiger partial charge is 0.387 e. The Morgan fingerprint density at radius 3 is 2.33 bits per heavy atom. The van der Waals surface area contributed by atoms with Gasteiger partial charge in [-0.25, -0.2) is 0 Å². The molecule has 3 fully saturated rings. The predicted molar refractivity (Wildman–Crippen MR) is 67.8 cm³/mol. The van der Waals surface area contributed by atoms with Gasteiger partial charge in [-0.3, -0.25) is 4.79 Å². The molecule has 2 heterocycles. The van der Waals surface area contributed by atoms with E-state index >= 15 is 0 Å². The second-order valence-electron chi connectivity index (χ2n) is 6.24. The van der Waals surface area contributed by atoms with Crippen LogP contribution in [0.5, 0.6) is 0 Å². The molecule has 102 valence electrons. The van der Waals surface area contributed by atoms with E-state index < -0.39 is 5.60 Å². The summed E-state index contributed by atoms with van der Waals surface area (Å²) >= 11 is 0. The van der Waals surface area contributed by atoms with E-state index in [2.05, 4.69) is 5.32 Å². The zero-order valence-corrected chi connectivity index (χ0v) is 10.8. The van der Waals surface area contributed by atoms with Crippen LogP contribution in [0.4, 0.5) is 0 Å². The Kier molecular flexibility index (Phi) is 3.08. The molecule has 0 radical (unpaired) electrons. The van der Waals surface area contributed by atoms with Gasteiger partial charge in [0.25, 0.3) is 0 Å². The lowest BCUT2D eigenvalue weighted by Gasteiger charge is -2.47. The van der Waals surface area contributed by atoms with Crippen molar-refractivity contribution in [2.75, 3.05) is 26.2 Å². The fraction of sp³-hybridized carbons (Fsp3) is 0.923. The first-order chi connectivity index (χ1) is 8.58. The third kappa shape index (κ3) is 2.04. The molecule has 0 aromatic heterocycles. The Balaban J connectivity index is 1.49. The minimum Gasteiger partial charge on any atom is -0.387 e. The van der Waals surface area contributed by atoms with Crippen molar-refractivity contribution in [3.8, 4) is 0 Å². The maximum atomic E-state index is 12.2. The van der Waals surface area contributed by atoms with Gasteiger partial charge in [0, 0.05) is 38.1 Å². The minimum atomic E-state index is -0.506. The van der Waals surface area contributed by atoms with Crippen molar-refractivity contribution < 1.29 is 9.90 Å².